The van der Waals surface area contributed by atoms with Crippen molar-refractivity contribution in [3.05, 3.63) is 90.5 Å². The number of nitrogens with one attached hydrogen (secondary N) is 3. The fourth-order valence-electron chi connectivity index (χ4n) is 4.81. The number of rotatable bonds is 10. The zero-order valence-electron chi connectivity index (χ0n) is 20.7. The van der Waals surface area contributed by atoms with E-state index in [9.17, 15) is 13.2 Å². The first-order chi connectivity index (χ1) is 18.0. The molecular weight excluding hydrogens is 484 g/mol. The number of amides is 1. The van der Waals surface area contributed by atoms with Crippen LogP contribution in [-0.2, 0) is 16.6 Å². The number of hydrogen-bond acceptors (Lipinski definition) is 4. The van der Waals surface area contributed by atoms with Gasteiger partial charge in [0.25, 0.3) is 5.91 Å². The van der Waals surface area contributed by atoms with Gasteiger partial charge in [0.1, 0.15) is 0 Å². The highest BCUT2D eigenvalue weighted by molar-refractivity contribution is 7.89. The first-order valence-electron chi connectivity index (χ1n) is 12.5. The number of para-hydroxylation sites is 1. The molecule has 0 saturated carbocycles. The second-order valence-corrected chi connectivity index (χ2v) is 10.6. The SMILES string of the molecule is CCn1c2ccccc2c2cc(C(=O)NCCNCCNS(=O)(=O)c3cccc4ccccc34)ccc21. The summed E-state index contributed by atoms with van der Waals surface area (Å²) < 4.78 is 30.5. The van der Waals surface area contributed by atoms with Gasteiger partial charge in [-0.3, -0.25) is 4.79 Å². The third kappa shape index (κ3) is 5.09. The first-order valence-corrected chi connectivity index (χ1v) is 14.0. The van der Waals surface area contributed by atoms with E-state index in [1.807, 2.05) is 60.7 Å². The summed E-state index contributed by atoms with van der Waals surface area (Å²) in [5, 5.41) is 9.91. The van der Waals surface area contributed by atoms with E-state index in [4.69, 9.17) is 0 Å². The lowest BCUT2D eigenvalue weighted by molar-refractivity contribution is 0.0954. The quantitative estimate of drug-likeness (QED) is 0.243. The van der Waals surface area contributed by atoms with Crippen molar-refractivity contribution in [3.8, 4) is 0 Å². The van der Waals surface area contributed by atoms with Crippen molar-refractivity contribution in [1.29, 1.82) is 0 Å². The predicted molar refractivity (Wildman–Crippen MR) is 149 cm³/mol. The van der Waals surface area contributed by atoms with Gasteiger partial charge in [0, 0.05) is 65.5 Å². The maximum atomic E-state index is 12.8. The van der Waals surface area contributed by atoms with Crippen LogP contribution in [0.5, 0.6) is 0 Å². The summed E-state index contributed by atoms with van der Waals surface area (Å²) in [6.45, 7) is 4.64. The maximum Gasteiger partial charge on any atom is 0.251 e. The fourth-order valence-corrected chi connectivity index (χ4v) is 6.07. The highest BCUT2D eigenvalue weighted by atomic mass is 32.2. The molecule has 0 radical (unpaired) electrons. The van der Waals surface area contributed by atoms with Crippen LogP contribution in [0.3, 0.4) is 0 Å². The molecule has 4 aromatic carbocycles. The molecule has 0 spiro atoms. The van der Waals surface area contributed by atoms with Crippen molar-refractivity contribution >= 4 is 48.5 Å². The first kappa shape index (κ1) is 25.0. The van der Waals surface area contributed by atoms with Crippen molar-refractivity contribution in [3.63, 3.8) is 0 Å². The molecule has 0 unspecified atom stereocenters. The van der Waals surface area contributed by atoms with Crippen LogP contribution < -0.4 is 15.4 Å². The normalized spacial score (nSPS) is 11.9. The molecule has 5 rings (SSSR count). The van der Waals surface area contributed by atoms with E-state index in [-0.39, 0.29) is 17.3 Å². The van der Waals surface area contributed by atoms with Crippen LogP contribution in [0.4, 0.5) is 0 Å². The number of nitrogens with zero attached hydrogens (tertiary/aromatic N) is 1. The fraction of sp³-hybridized carbons (Fsp3) is 0.207. The third-order valence-electron chi connectivity index (χ3n) is 6.57. The number of carbonyl (C=O) groups excluding carboxylic acids is 1. The molecule has 0 aliphatic rings. The summed E-state index contributed by atoms with van der Waals surface area (Å²) in [7, 11) is -3.62. The Morgan fingerprint density at radius 1 is 0.757 bits per heavy atom. The largest absolute Gasteiger partial charge is 0.351 e. The zero-order chi connectivity index (χ0) is 25.8. The second kappa shape index (κ2) is 10.7. The van der Waals surface area contributed by atoms with Gasteiger partial charge in [-0.05, 0) is 42.6 Å². The van der Waals surface area contributed by atoms with E-state index in [0.29, 0.717) is 30.6 Å². The molecule has 0 bridgehead atoms. The van der Waals surface area contributed by atoms with E-state index in [1.54, 1.807) is 12.1 Å². The molecule has 0 atom stereocenters. The van der Waals surface area contributed by atoms with Crippen molar-refractivity contribution in [2.45, 2.75) is 18.4 Å². The number of fused-ring (bicyclic) bond motifs is 4. The minimum Gasteiger partial charge on any atom is -0.351 e. The number of hydrogen-bond donors (Lipinski definition) is 3. The number of carbonyl (C=O) groups is 1. The Labute approximate surface area is 216 Å². The van der Waals surface area contributed by atoms with Crippen LogP contribution in [-0.4, -0.2) is 45.1 Å². The molecule has 1 amide bonds. The summed E-state index contributed by atoms with van der Waals surface area (Å²) in [4.78, 5) is 13.0. The van der Waals surface area contributed by atoms with Crippen LogP contribution in [0.2, 0.25) is 0 Å². The molecular formula is C29H30N4O3S. The molecule has 5 aromatic rings. The van der Waals surface area contributed by atoms with Gasteiger partial charge < -0.3 is 15.2 Å². The molecule has 190 valence electrons. The van der Waals surface area contributed by atoms with Gasteiger partial charge in [-0.1, -0.05) is 54.6 Å². The number of benzene rings is 4. The van der Waals surface area contributed by atoms with Gasteiger partial charge in [-0.25, -0.2) is 13.1 Å². The van der Waals surface area contributed by atoms with E-state index in [2.05, 4.69) is 39.0 Å². The number of aryl methyl sites for hydroxylation is 1. The van der Waals surface area contributed by atoms with Gasteiger partial charge >= 0.3 is 0 Å². The lowest BCUT2D eigenvalue weighted by Gasteiger charge is -2.11. The Hall–Kier alpha value is -3.72. The van der Waals surface area contributed by atoms with Gasteiger partial charge in [0.05, 0.1) is 4.90 Å². The monoisotopic (exact) mass is 514 g/mol. The topological polar surface area (TPSA) is 92.2 Å². The number of aromatic nitrogens is 1. The van der Waals surface area contributed by atoms with Gasteiger partial charge in [-0.15, -0.1) is 0 Å². The Bertz CT molecular complexity index is 1690. The van der Waals surface area contributed by atoms with Crippen LogP contribution >= 0.6 is 0 Å². The summed E-state index contributed by atoms with van der Waals surface area (Å²) in [6, 6.07) is 26.7. The van der Waals surface area contributed by atoms with E-state index in [1.165, 1.54) is 0 Å². The van der Waals surface area contributed by atoms with Crippen LogP contribution in [0.15, 0.2) is 89.8 Å². The minimum absolute atomic E-state index is 0.131. The molecule has 0 saturated heterocycles. The third-order valence-corrected chi connectivity index (χ3v) is 8.09. The molecule has 0 fully saturated rings. The molecule has 0 aliphatic heterocycles. The van der Waals surface area contributed by atoms with E-state index >= 15 is 0 Å². The zero-order valence-corrected chi connectivity index (χ0v) is 21.5. The van der Waals surface area contributed by atoms with Crippen LogP contribution in [0, 0.1) is 0 Å². The van der Waals surface area contributed by atoms with Crippen molar-refractivity contribution in [2.75, 3.05) is 26.2 Å². The smallest absolute Gasteiger partial charge is 0.251 e. The highest BCUT2D eigenvalue weighted by Crippen LogP contribution is 2.29. The minimum atomic E-state index is -3.62. The molecule has 37 heavy (non-hydrogen) atoms. The predicted octanol–water partition coefficient (Wildman–Crippen LogP) is 4.27. The van der Waals surface area contributed by atoms with Crippen LogP contribution in [0.25, 0.3) is 32.6 Å². The van der Waals surface area contributed by atoms with Crippen LogP contribution in [0.1, 0.15) is 17.3 Å². The Kier molecular flexibility index (Phi) is 7.23. The average molecular weight is 515 g/mol. The maximum absolute atomic E-state index is 12.8. The number of sulfonamides is 1. The molecule has 8 heteroatoms. The summed E-state index contributed by atoms with van der Waals surface area (Å²) in [5.41, 5.74) is 2.90. The summed E-state index contributed by atoms with van der Waals surface area (Å²) in [6.07, 6.45) is 0. The van der Waals surface area contributed by atoms with Gasteiger partial charge in [0.15, 0.2) is 0 Å². The second-order valence-electron chi connectivity index (χ2n) is 8.87. The van der Waals surface area contributed by atoms with Gasteiger partial charge in [0.2, 0.25) is 10.0 Å². The molecule has 7 nitrogen and oxygen atoms in total. The summed E-state index contributed by atoms with van der Waals surface area (Å²) >= 11 is 0. The lowest BCUT2D eigenvalue weighted by Crippen LogP contribution is -2.36. The Balaban J connectivity index is 1.12. The summed E-state index contributed by atoms with van der Waals surface area (Å²) in [5.74, 6) is -0.131. The molecule has 1 aromatic heterocycles. The standard InChI is InChI=1S/C29H30N4O3S/c1-2-33-26-12-6-5-11-24(26)25-20-22(14-15-27(25)33)29(34)31-18-16-30-17-19-32-37(35,36)28-13-7-9-21-8-3-4-10-23(21)28/h3-15,20,30,32H,2,16-19H2,1H3,(H,31,34). The molecule has 1 heterocycles. The Morgan fingerprint density at radius 2 is 1.46 bits per heavy atom. The molecule has 0 aliphatic carbocycles. The highest BCUT2D eigenvalue weighted by Gasteiger charge is 2.16. The van der Waals surface area contributed by atoms with E-state index < -0.39 is 10.0 Å². The Morgan fingerprint density at radius 3 is 2.30 bits per heavy atom. The van der Waals surface area contributed by atoms with E-state index in [0.717, 1.165) is 33.7 Å². The molecule has 3 N–H and O–H groups in total. The van der Waals surface area contributed by atoms with Gasteiger partial charge in [-0.2, -0.15) is 0 Å². The lowest BCUT2D eigenvalue weighted by atomic mass is 10.1. The van der Waals surface area contributed by atoms with Crippen molar-refractivity contribution < 1.29 is 13.2 Å². The average Bonchev–Trinajstić information content (AvgIpc) is 3.25. The van der Waals surface area contributed by atoms with Crippen molar-refractivity contribution in [1.82, 2.24) is 19.9 Å². The van der Waals surface area contributed by atoms with Crippen molar-refractivity contribution in [2.24, 2.45) is 0 Å².